The number of hydrogen-bond donors (Lipinski definition) is 1. The Kier molecular flexibility index (Phi) is 4.78. The van der Waals surface area contributed by atoms with E-state index in [4.69, 9.17) is 16.3 Å². The molecule has 1 aromatic heterocycles. The summed E-state index contributed by atoms with van der Waals surface area (Å²) in [6, 6.07) is 10.7. The van der Waals surface area contributed by atoms with E-state index in [9.17, 15) is 14.3 Å². The molecule has 3 rings (SSSR count). The van der Waals surface area contributed by atoms with E-state index >= 15 is 0 Å². The van der Waals surface area contributed by atoms with Crippen molar-refractivity contribution in [1.82, 2.24) is 9.55 Å². The van der Waals surface area contributed by atoms with Crippen LogP contribution in [-0.4, -0.2) is 27.4 Å². The number of halogens is 2. The van der Waals surface area contributed by atoms with Crippen LogP contribution in [0, 0.1) is 5.82 Å². The third-order valence-electron chi connectivity index (χ3n) is 3.46. The molecule has 24 heavy (non-hydrogen) atoms. The molecule has 124 valence electrons. The van der Waals surface area contributed by atoms with Gasteiger partial charge < -0.3 is 9.84 Å². The van der Waals surface area contributed by atoms with Crippen LogP contribution >= 0.6 is 11.6 Å². The highest BCUT2D eigenvalue weighted by molar-refractivity contribution is 6.31. The molecule has 3 aromatic rings. The first kappa shape index (κ1) is 16.4. The summed E-state index contributed by atoms with van der Waals surface area (Å²) in [5, 5.41) is 10.8. The maximum atomic E-state index is 13.5. The Bertz CT molecular complexity index is 929. The molecule has 0 saturated heterocycles. The lowest BCUT2D eigenvalue weighted by Crippen LogP contribution is -2.30. The van der Waals surface area contributed by atoms with Gasteiger partial charge in [-0.25, -0.2) is 9.37 Å². The van der Waals surface area contributed by atoms with Gasteiger partial charge in [0.05, 0.1) is 23.8 Å². The first-order chi connectivity index (χ1) is 11.5. The molecule has 0 amide bonds. The van der Waals surface area contributed by atoms with Crippen LogP contribution in [0.1, 0.15) is 0 Å². The summed E-state index contributed by atoms with van der Waals surface area (Å²) in [4.78, 5) is 16.6. The molecule has 5 nitrogen and oxygen atoms in total. The van der Waals surface area contributed by atoms with Gasteiger partial charge in [0.25, 0.3) is 5.56 Å². The number of aliphatic hydroxyl groups excluding tert-OH is 1. The number of benzene rings is 2. The number of nitrogens with zero attached hydrogens (tertiary/aromatic N) is 2. The van der Waals surface area contributed by atoms with Crippen LogP contribution in [0.2, 0.25) is 5.02 Å². The van der Waals surface area contributed by atoms with Crippen LogP contribution in [0.5, 0.6) is 5.75 Å². The molecule has 0 saturated carbocycles. The van der Waals surface area contributed by atoms with Crippen LogP contribution in [-0.2, 0) is 6.54 Å². The predicted molar refractivity (Wildman–Crippen MR) is 88.9 cm³/mol. The van der Waals surface area contributed by atoms with Crippen molar-refractivity contribution in [3.63, 3.8) is 0 Å². The van der Waals surface area contributed by atoms with Crippen molar-refractivity contribution < 1.29 is 14.2 Å². The van der Waals surface area contributed by atoms with E-state index in [0.717, 1.165) is 0 Å². The monoisotopic (exact) mass is 348 g/mol. The van der Waals surface area contributed by atoms with E-state index in [1.54, 1.807) is 24.3 Å². The highest BCUT2D eigenvalue weighted by Crippen LogP contribution is 2.16. The number of aromatic nitrogens is 2. The molecule has 2 aromatic carbocycles. The number of hydrogen-bond acceptors (Lipinski definition) is 4. The normalized spacial score (nSPS) is 12.3. The Labute approximate surface area is 141 Å². The van der Waals surface area contributed by atoms with Gasteiger partial charge in [-0.15, -0.1) is 0 Å². The van der Waals surface area contributed by atoms with Crippen molar-refractivity contribution in [2.24, 2.45) is 0 Å². The molecule has 1 heterocycles. The summed E-state index contributed by atoms with van der Waals surface area (Å²) in [7, 11) is 0. The number of ether oxygens (including phenoxy) is 1. The molecular formula is C17H14ClFN2O3. The van der Waals surface area contributed by atoms with Gasteiger partial charge in [0.2, 0.25) is 0 Å². The second-order valence-electron chi connectivity index (χ2n) is 5.26. The SMILES string of the molecule is O=c1c2cc(Cl)ccc2ncn1C[C@@H](O)COc1ccccc1F. The minimum absolute atomic E-state index is 0.0251. The maximum absolute atomic E-state index is 13.5. The first-order valence-electron chi connectivity index (χ1n) is 7.24. The average molecular weight is 349 g/mol. The van der Waals surface area contributed by atoms with Gasteiger partial charge >= 0.3 is 0 Å². The van der Waals surface area contributed by atoms with E-state index in [2.05, 4.69) is 4.98 Å². The predicted octanol–water partition coefficient (Wildman–Crippen LogP) is 2.63. The molecule has 0 unspecified atom stereocenters. The number of rotatable bonds is 5. The van der Waals surface area contributed by atoms with Crippen molar-refractivity contribution in [3.05, 3.63) is 70.0 Å². The lowest BCUT2D eigenvalue weighted by Gasteiger charge is -2.14. The van der Waals surface area contributed by atoms with Crippen molar-refractivity contribution in [3.8, 4) is 5.75 Å². The fraction of sp³-hybridized carbons (Fsp3) is 0.176. The summed E-state index contributed by atoms with van der Waals surface area (Å²) < 4.78 is 20.0. The lowest BCUT2D eigenvalue weighted by molar-refractivity contribution is 0.0895. The fourth-order valence-corrected chi connectivity index (χ4v) is 2.46. The van der Waals surface area contributed by atoms with Crippen molar-refractivity contribution in [2.75, 3.05) is 6.61 Å². The Morgan fingerprint density at radius 3 is 2.88 bits per heavy atom. The fourth-order valence-electron chi connectivity index (χ4n) is 2.29. The largest absolute Gasteiger partial charge is 0.488 e. The van der Waals surface area contributed by atoms with E-state index in [1.807, 2.05) is 0 Å². The van der Waals surface area contributed by atoms with Gasteiger partial charge in [-0.3, -0.25) is 9.36 Å². The minimum Gasteiger partial charge on any atom is -0.488 e. The Morgan fingerprint density at radius 2 is 2.08 bits per heavy atom. The van der Waals surface area contributed by atoms with Crippen LogP contribution in [0.3, 0.4) is 0 Å². The van der Waals surface area contributed by atoms with Crippen molar-refractivity contribution in [1.29, 1.82) is 0 Å². The second-order valence-corrected chi connectivity index (χ2v) is 5.70. The topological polar surface area (TPSA) is 64.4 Å². The maximum Gasteiger partial charge on any atom is 0.261 e. The van der Waals surface area contributed by atoms with Crippen LogP contribution in [0.4, 0.5) is 4.39 Å². The van der Waals surface area contributed by atoms with E-state index in [0.29, 0.717) is 15.9 Å². The molecule has 0 aliphatic rings. The van der Waals surface area contributed by atoms with E-state index in [-0.39, 0.29) is 24.5 Å². The minimum atomic E-state index is -0.999. The summed E-state index contributed by atoms with van der Waals surface area (Å²) in [6.07, 6.45) is 0.353. The molecule has 0 bridgehead atoms. The average Bonchev–Trinajstić information content (AvgIpc) is 2.57. The first-order valence-corrected chi connectivity index (χ1v) is 7.62. The van der Waals surface area contributed by atoms with Crippen LogP contribution in [0.25, 0.3) is 10.9 Å². The number of para-hydroxylation sites is 1. The Hall–Kier alpha value is -2.44. The zero-order chi connectivity index (χ0) is 17.1. The highest BCUT2D eigenvalue weighted by Gasteiger charge is 2.11. The molecule has 0 radical (unpaired) electrons. The molecule has 1 N–H and O–H groups in total. The van der Waals surface area contributed by atoms with Gasteiger partial charge in [0, 0.05) is 5.02 Å². The van der Waals surface area contributed by atoms with Crippen molar-refractivity contribution >= 4 is 22.5 Å². The van der Waals surface area contributed by atoms with Gasteiger partial charge in [0.15, 0.2) is 11.6 Å². The third-order valence-corrected chi connectivity index (χ3v) is 3.70. The van der Waals surface area contributed by atoms with Gasteiger partial charge in [-0.05, 0) is 30.3 Å². The standard InChI is InChI=1S/C17H14ClFN2O3/c18-11-5-6-15-13(7-11)17(23)21(10-20-15)8-12(22)9-24-16-4-2-1-3-14(16)19/h1-7,10,12,22H,8-9H2/t12-/m1/s1. The Balaban J connectivity index is 1.73. The summed E-state index contributed by atoms with van der Waals surface area (Å²) in [5.74, 6) is -0.462. The van der Waals surface area contributed by atoms with E-state index in [1.165, 1.54) is 29.1 Å². The van der Waals surface area contributed by atoms with Gasteiger partial charge in [0.1, 0.15) is 12.7 Å². The summed E-state index contributed by atoms with van der Waals surface area (Å²) in [6.45, 7) is -0.177. The molecule has 0 aliphatic heterocycles. The molecular weight excluding hydrogens is 335 g/mol. The Morgan fingerprint density at radius 1 is 1.29 bits per heavy atom. The zero-order valence-corrected chi connectivity index (χ0v) is 13.3. The third kappa shape index (κ3) is 3.55. The van der Waals surface area contributed by atoms with Gasteiger partial charge in [-0.1, -0.05) is 23.7 Å². The zero-order valence-electron chi connectivity index (χ0n) is 12.5. The second kappa shape index (κ2) is 6.98. The summed E-state index contributed by atoms with van der Waals surface area (Å²) in [5.41, 5.74) is 0.213. The number of fused-ring (bicyclic) bond motifs is 1. The quantitative estimate of drug-likeness (QED) is 0.770. The molecule has 1 atom stereocenters. The molecule has 0 spiro atoms. The molecule has 0 aliphatic carbocycles. The van der Waals surface area contributed by atoms with Crippen LogP contribution < -0.4 is 10.3 Å². The number of aliphatic hydroxyl groups is 1. The molecule has 7 heteroatoms. The smallest absolute Gasteiger partial charge is 0.261 e. The van der Waals surface area contributed by atoms with Gasteiger partial charge in [-0.2, -0.15) is 0 Å². The highest BCUT2D eigenvalue weighted by atomic mass is 35.5. The van der Waals surface area contributed by atoms with Crippen molar-refractivity contribution in [2.45, 2.75) is 12.6 Å². The van der Waals surface area contributed by atoms with Crippen LogP contribution in [0.15, 0.2) is 53.6 Å². The molecule has 0 fully saturated rings. The summed E-state index contributed by atoms with van der Waals surface area (Å²) >= 11 is 5.90. The lowest BCUT2D eigenvalue weighted by atomic mass is 10.2. The van der Waals surface area contributed by atoms with E-state index < -0.39 is 11.9 Å².